The van der Waals surface area contributed by atoms with Crippen LogP contribution in [0.2, 0.25) is 0 Å². The maximum atomic E-state index is 13.1. The van der Waals surface area contributed by atoms with Crippen LogP contribution in [0.3, 0.4) is 0 Å². The van der Waals surface area contributed by atoms with Crippen LogP contribution in [0.25, 0.3) is 0 Å². The van der Waals surface area contributed by atoms with Gasteiger partial charge in [0.1, 0.15) is 18.2 Å². The monoisotopic (exact) mass is 375 g/mol. The van der Waals surface area contributed by atoms with Crippen molar-refractivity contribution in [3.05, 3.63) is 34.5 Å². The highest BCUT2D eigenvalue weighted by Crippen LogP contribution is 2.26. The molecule has 2 aromatic rings. The average molecular weight is 375 g/mol. The van der Waals surface area contributed by atoms with Crippen LogP contribution in [0.15, 0.2) is 23.8 Å². The average Bonchev–Trinajstić information content (AvgIpc) is 3.30. The van der Waals surface area contributed by atoms with Crippen molar-refractivity contribution in [2.45, 2.75) is 38.6 Å². The van der Waals surface area contributed by atoms with Crippen LogP contribution in [0, 0.1) is 5.92 Å². The predicted molar refractivity (Wildman–Crippen MR) is 100.0 cm³/mol. The second-order valence-corrected chi connectivity index (χ2v) is 8.04. The predicted octanol–water partition coefficient (Wildman–Crippen LogP) is 2.04. The lowest BCUT2D eigenvalue weighted by atomic mass is 9.95. The number of carbonyl (C=O) groups is 2. The van der Waals surface area contributed by atoms with E-state index in [0.717, 1.165) is 18.7 Å². The molecule has 3 heterocycles. The number of nitrogens with zero attached hydrogens (tertiary/aromatic N) is 4. The molecule has 0 unspecified atom stereocenters. The van der Waals surface area contributed by atoms with E-state index in [1.165, 1.54) is 11.3 Å². The lowest BCUT2D eigenvalue weighted by molar-refractivity contribution is -0.135. The minimum Gasteiger partial charge on any atom is -0.340 e. The molecule has 1 aliphatic rings. The first-order valence-electron chi connectivity index (χ1n) is 8.94. The van der Waals surface area contributed by atoms with E-state index in [1.807, 2.05) is 41.8 Å². The Hall–Kier alpha value is -2.22. The zero-order chi connectivity index (χ0) is 18.7. The first-order valence-corrected chi connectivity index (χ1v) is 9.82. The molecule has 0 aliphatic carbocycles. The molecule has 26 heavy (non-hydrogen) atoms. The molecule has 7 nitrogen and oxygen atoms in total. The smallest absolute Gasteiger partial charge is 0.262 e. The highest BCUT2D eigenvalue weighted by molar-refractivity contribution is 7.12. The molecule has 140 valence electrons. The van der Waals surface area contributed by atoms with Crippen LogP contribution >= 0.6 is 11.3 Å². The zero-order valence-electron chi connectivity index (χ0n) is 15.4. The fourth-order valence-electron chi connectivity index (χ4n) is 3.38. The molecule has 8 heteroatoms. The minimum absolute atomic E-state index is 0.0154. The van der Waals surface area contributed by atoms with Gasteiger partial charge in [0, 0.05) is 26.1 Å². The normalized spacial score (nSPS) is 18.8. The highest BCUT2D eigenvalue weighted by Gasteiger charge is 2.33. The van der Waals surface area contributed by atoms with Crippen LogP contribution in [0.4, 0.5) is 0 Å². The number of hydrogen-bond donors (Lipinski definition) is 1. The second-order valence-electron chi connectivity index (χ2n) is 7.10. The van der Waals surface area contributed by atoms with E-state index in [4.69, 9.17) is 0 Å². The summed E-state index contributed by atoms with van der Waals surface area (Å²) in [6.07, 6.45) is 3.60. The molecule has 2 aromatic heterocycles. The summed E-state index contributed by atoms with van der Waals surface area (Å²) in [7, 11) is 1.92. The Balaban J connectivity index is 1.70. The fourth-order valence-corrected chi connectivity index (χ4v) is 4.01. The highest BCUT2D eigenvalue weighted by atomic mass is 32.1. The van der Waals surface area contributed by atoms with Crippen molar-refractivity contribution in [2.75, 3.05) is 13.1 Å². The summed E-state index contributed by atoms with van der Waals surface area (Å²) in [5.74, 6) is 0.902. The largest absolute Gasteiger partial charge is 0.340 e. The number of aromatic nitrogens is 3. The molecule has 0 bridgehead atoms. The van der Waals surface area contributed by atoms with Gasteiger partial charge in [0.15, 0.2) is 0 Å². The van der Waals surface area contributed by atoms with E-state index in [2.05, 4.69) is 15.5 Å². The number of nitrogens with one attached hydrogen (secondary N) is 1. The van der Waals surface area contributed by atoms with Crippen molar-refractivity contribution < 1.29 is 9.59 Å². The van der Waals surface area contributed by atoms with Crippen molar-refractivity contribution in [3.63, 3.8) is 0 Å². The first kappa shape index (κ1) is 18.6. The van der Waals surface area contributed by atoms with E-state index >= 15 is 0 Å². The SMILES string of the molecule is CC(C)[C@@H](NC(=O)c1cccs1)C(=O)N1CCC[C@H](c2nncn2C)C1. The third-order valence-corrected chi connectivity index (χ3v) is 5.68. The van der Waals surface area contributed by atoms with Gasteiger partial charge >= 0.3 is 0 Å². The van der Waals surface area contributed by atoms with Gasteiger partial charge in [-0.2, -0.15) is 0 Å². The molecular weight excluding hydrogens is 350 g/mol. The third kappa shape index (κ3) is 3.95. The van der Waals surface area contributed by atoms with Gasteiger partial charge in [-0.15, -0.1) is 21.5 Å². The first-order chi connectivity index (χ1) is 12.5. The summed E-state index contributed by atoms with van der Waals surface area (Å²) in [6.45, 7) is 5.25. The summed E-state index contributed by atoms with van der Waals surface area (Å²) >= 11 is 1.38. The standard InChI is InChI=1S/C18H25N5O2S/c1-12(2)15(20-17(24)14-7-5-9-26-14)18(25)23-8-4-6-13(10-23)16-21-19-11-22(16)3/h5,7,9,11-13,15H,4,6,8,10H2,1-3H3,(H,20,24)/t13-,15+/m0/s1. The van der Waals surface area contributed by atoms with E-state index < -0.39 is 6.04 Å². The van der Waals surface area contributed by atoms with Crippen molar-refractivity contribution in [1.29, 1.82) is 0 Å². The molecule has 0 aromatic carbocycles. The molecule has 1 saturated heterocycles. The Morgan fingerprint density at radius 3 is 2.81 bits per heavy atom. The second kappa shape index (κ2) is 7.99. The Morgan fingerprint density at radius 2 is 2.19 bits per heavy atom. The van der Waals surface area contributed by atoms with Gasteiger partial charge < -0.3 is 14.8 Å². The number of aryl methyl sites for hydroxylation is 1. The topological polar surface area (TPSA) is 80.1 Å². The molecular formula is C18H25N5O2S. The Labute approximate surface area is 157 Å². The lowest BCUT2D eigenvalue weighted by Crippen LogP contribution is -2.53. The Morgan fingerprint density at radius 1 is 1.38 bits per heavy atom. The van der Waals surface area contributed by atoms with Crippen molar-refractivity contribution in [3.8, 4) is 0 Å². The number of amides is 2. The number of carbonyl (C=O) groups excluding carboxylic acids is 2. The fraction of sp³-hybridized carbons (Fsp3) is 0.556. The molecule has 1 N–H and O–H groups in total. The van der Waals surface area contributed by atoms with Gasteiger partial charge in [0.25, 0.3) is 5.91 Å². The number of piperidine rings is 1. The molecule has 1 fully saturated rings. The van der Waals surface area contributed by atoms with E-state index in [1.54, 1.807) is 12.4 Å². The maximum Gasteiger partial charge on any atom is 0.262 e. The number of hydrogen-bond acceptors (Lipinski definition) is 5. The van der Waals surface area contributed by atoms with Crippen LogP contribution in [-0.2, 0) is 11.8 Å². The van der Waals surface area contributed by atoms with Gasteiger partial charge in [-0.3, -0.25) is 9.59 Å². The zero-order valence-corrected chi connectivity index (χ0v) is 16.2. The van der Waals surface area contributed by atoms with Crippen LogP contribution < -0.4 is 5.32 Å². The molecule has 0 radical (unpaired) electrons. The van der Waals surface area contributed by atoms with Crippen molar-refractivity contribution in [2.24, 2.45) is 13.0 Å². The third-order valence-electron chi connectivity index (χ3n) is 4.81. The Bertz CT molecular complexity index is 755. The van der Waals surface area contributed by atoms with Crippen LogP contribution in [-0.4, -0.2) is 50.6 Å². The van der Waals surface area contributed by atoms with Crippen molar-refractivity contribution >= 4 is 23.2 Å². The number of likely N-dealkylation sites (tertiary alicyclic amines) is 1. The van der Waals surface area contributed by atoms with Gasteiger partial charge in [-0.1, -0.05) is 19.9 Å². The van der Waals surface area contributed by atoms with E-state index in [-0.39, 0.29) is 23.7 Å². The molecule has 0 saturated carbocycles. The number of thiophene rings is 1. The van der Waals surface area contributed by atoms with E-state index in [0.29, 0.717) is 18.0 Å². The molecule has 2 atom stereocenters. The quantitative estimate of drug-likeness (QED) is 0.867. The van der Waals surface area contributed by atoms with Gasteiger partial charge in [0.05, 0.1) is 4.88 Å². The van der Waals surface area contributed by atoms with Crippen molar-refractivity contribution in [1.82, 2.24) is 25.0 Å². The summed E-state index contributed by atoms with van der Waals surface area (Å²) in [5.41, 5.74) is 0. The van der Waals surface area contributed by atoms with Crippen LogP contribution in [0.1, 0.15) is 48.1 Å². The minimum atomic E-state index is -0.525. The summed E-state index contributed by atoms with van der Waals surface area (Å²) in [5, 5.41) is 12.9. The van der Waals surface area contributed by atoms with Gasteiger partial charge in [-0.25, -0.2) is 0 Å². The summed E-state index contributed by atoms with van der Waals surface area (Å²) < 4.78 is 1.91. The molecule has 0 spiro atoms. The van der Waals surface area contributed by atoms with Crippen LogP contribution in [0.5, 0.6) is 0 Å². The number of rotatable bonds is 5. The van der Waals surface area contributed by atoms with E-state index in [9.17, 15) is 9.59 Å². The van der Waals surface area contributed by atoms with Gasteiger partial charge in [-0.05, 0) is 30.2 Å². The summed E-state index contributed by atoms with van der Waals surface area (Å²) in [6, 6.07) is 3.08. The van der Waals surface area contributed by atoms with Gasteiger partial charge in [0.2, 0.25) is 5.91 Å². The molecule has 1 aliphatic heterocycles. The maximum absolute atomic E-state index is 13.1. The lowest BCUT2D eigenvalue weighted by Gasteiger charge is -2.35. The Kier molecular flexibility index (Phi) is 5.70. The molecule has 3 rings (SSSR count). The molecule has 2 amide bonds. The summed E-state index contributed by atoms with van der Waals surface area (Å²) in [4.78, 5) is 28.0.